The third kappa shape index (κ3) is 2.17. The van der Waals surface area contributed by atoms with E-state index in [1.807, 2.05) is 6.92 Å². The van der Waals surface area contributed by atoms with Crippen molar-refractivity contribution in [3.05, 3.63) is 0 Å². The molecule has 0 unspecified atom stereocenters. The first kappa shape index (κ1) is 13.7. The number of hydrogen-bond acceptors (Lipinski definition) is 3. The minimum Gasteiger partial charge on any atom is -0.364 e. The van der Waals surface area contributed by atoms with E-state index in [0.29, 0.717) is 19.6 Å². The summed E-state index contributed by atoms with van der Waals surface area (Å²) in [6.07, 6.45) is -0.888. The Hall–Kier alpha value is -1.24. The molecule has 1 aliphatic carbocycles. The number of amides is 2. The first-order valence-corrected chi connectivity index (χ1v) is 6.99. The van der Waals surface area contributed by atoms with Gasteiger partial charge in [0.2, 0.25) is 17.7 Å². The zero-order valence-corrected chi connectivity index (χ0v) is 11.3. The highest BCUT2D eigenvalue weighted by molar-refractivity contribution is 5.82. The normalized spacial score (nSPS) is 33.0. The summed E-state index contributed by atoms with van der Waals surface area (Å²) in [6.45, 7) is 3.29. The molecule has 112 valence electrons. The number of morpholine rings is 1. The molecular weight excluding hydrogens is 270 g/mol. The summed E-state index contributed by atoms with van der Waals surface area (Å²) in [5.74, 6) is -3.55. The van der Waals surface area contributed by atoms with Crippen LogP contribution in [0.15, 0.2) is 0 Å². The maximum absolute atomic E-state index is 12.9. The number of alkyl halides is 2. The van der Waals surface area contributed by atoms with Gasteiger partial charge in [0.1, 0.15) is 6.61 Å². The van der Waals surface area contributed by atoms with E-state index in [2.05, 4.69) is 0 Å². The third-order valence-corrected chi connectivity index (χ3v) is 4.47. The van der Waals surface area contributed by atoms with Crippen molar-refractivity contribution in [2.75, 3.05) is 26.2 Å². The third-order valence-electron chi connectivity index (χ3n) is 4.47. The highest BCUT2D eigenvalue weighted by Gasteiger charge is 2.52. The molecule has 1 saturated carbocycles. The Morgan fingerprint density at radius 2 is 2.10 bits per heavy atom. The lowest BCUT2D eigenvalue weighted by molar-refractivity contribution is -0.159. The molecule has 5 nitrogen and oxygen atoms in total. The summed E-state index contributed by atoms with van der Waals surface area (Å²) in [7, 11) is 0. The van der Waals surface area contributed by atoms with Crippen molar-refractivity contribution >= 4 is 11.8 Å². The van der Waals surface area contributed by atoms with Crippen molar-refractivity contribution in [2.24, 2.45) is 5.92 Å². The predicted octanol–water partition coefficient (Wildman–Crippen LogP) is 0.490. The lowest BCUT2D eigenvalue weighted by Crippen LogP contribution is -2.53. The molecule has 0 spiro atoms. The van der Waals surface area contributed by atoms with Crippen LogP contribution in [0.3, 0.4) is 0 Å². The Morgan fingerprint density at radius 3 is 2.70 bits per heavy atom. The predicted molar refractivity (Wildman–Crippen MR) is 65.2 cm³/mol. The first-order valence-electron chi connectivity index (χ1n) is 6.99. The molecule has 3 fully saturated rings. The van der Waals surface area contributed by atoms with Crippen molar-refractivity contribution in [3.8, 4) is 0 Å². The van der Waals surface area contributed by atoms with E-state index in [9.17, 15) is 18.4 Å². The van der Waals surface area contributed by atoms with E-state index < -0.39 is 11.8 Å². The van der Waals surface area contributed by atoms with E-state index in [1.54, 1.807) is 9.80 Å². The highest BCUT2D eigenvalue weighted by atomic mass is 19.3. The number of likely N-dealkylation sites (N-methyl/N-ethyl adjacent to an activating group) is 1. The molecular formula is C13H18F2N2O3. The van der Waals surface area contributed by atoms with Crippen LogP contribution in [0.4, 0.5) is 8.78 Å². The number of nitrogens with zero attached hydrogens (tertiary/aromatic N) is 2. The lowest BCUT2D eigenvalue weighted by Gasteiger charge is -2.36. The average Bonchev–Trinajstić information content (AvgIpc) is 2.78. The van der Waals surface area contributed by atoms with E-state index >= 15 is 0 Å². The van der Waals surface area contributed by atoms with Gasteiger partial charge in [0.25, 0.3) is 0 Å². The molecule has 0 aromatic heterocycles. The van der Waals surface area contributed by atoms with Gasteiger partial charge in [-0.3, -0.25) is 9.59 Å². The SMILES string of the molecule is CCN1C(=O)CO[C@@H]2CN(C(=O)C3CC(F)(F)C3)C[C@H]21. The van der Waals surface area contributed by atoms with Crippen molar-refractivity contribution in [1.82, 2.24) is 9.80 Å². The summed E-state index contributed by atoms with van der Waals surface area (Å²) in [5.41, 5.74) is 0. The molecule has 2 heterocycles. The van der Waals surface area contributed by atoms with Crippen molar-refractivity contribution < 1.29 is 23.1 Å². The van der Waals surface area contributed by atoms with Crippen LogP contribution in [0.2, 0.25) is 0 Å². The fourth-order valence-corrected chi connectivity index (χ4v) is 3.35. The number of carbonyl (C=O) groups excluding carboxylic acids is 2. The monoisotopic (exact) mass is 288 g/mol. The molecule has 0 radical (unpaired) electrons. The maximum Gasteiger partial charge on any atom is 0.249 e. The molecule has 3 aliphatic rings. The Kier molecular flexibility index (Phi) is 3.19. The van der Waals surface area contributed by atoms with Gasteiger partial charge in [0, 0.05) is 38.4 Å². The van der Waals surface area contributed by atoms with Gasteiger partial charge >= 0.3 is 0 Å². The largest absolute Gasteiger partial charge is 0.364 e. The molecule has 0 N–H and O–H groups in total. The van der Waals surface area contributed by atoms with Crippen LogP contribution in [-0.2, 0) is 14.3 Å². The van der Waals surface area contributed by atoms with E-state index in [0.717, 1.165) is 0 Å². The van der Waals surface area contributed by atoms with Crippen LogP contribution in [0.25, 0.3) is 0 Å². The maximum atomic E-state index is 12.9. The quantitative estimate of drug-likeness (QED) is 0.743. The van der Waals surface area contributed by atoms with Crippen LogP contribution < -0.4 is 0 Å². The van der Waals surface area contributed by atoms with Crippen molar-refractivity contribution in [1.29, 1.82) is 0 Å². The van der Waals surface area contributed by atoms with Gasteiger partial charge < -0.3 is 14.5 Å². The zero-order chi connectivity index (χ0) is 14.5. The molecule has 3 rings (SSSR count). The fraction of sp³-hybridized carbons (Fsp3) is 0.846. The van der Waals surface area contributed by atoms with Gasteiger partial charge in [-0.05, 0) is 6.92 Å². The second kappa shape index (κ2) is 4.65. The Labute approximate surface area is 115 Å². The molecule has 0 bridgehead atoms. The molecule has 2 aliphatic heterocycles. The topological polar surface area (TPSA) is 49.9 Å². The average molecular weight is 288 g/mol. The second-order valence-corrected chi connectivity index (χ2v) is 5.80. The minimum absolute atomic E-state index is 0.0402. The van der Waals surface area contributed by atoms with Gasteiger partial charge in [0.15, 0.2) is 0 Å². The van der Waals surface area contributed by atoms with Gasteiger partial charge in [-0.1, -0.05) is 0 Å². The van der Waals surface area contributed by atoms with Crippen molar-refractivity contribution in [3.63, 3.8) is 0 Å². The van der Waals surface area contributed by atoms with Crippen molar-refractivity contribution in [2.45, 2.75) is 37.8 Å². The Balaban J connectivity index is 1.64. The van der Waals surface area contributed by atoms with E-state index in [4.69, 9.17) is 4.74 Å². The van der Waals surface area contributed by atoms with E-state index in [-0.39, 0.29) is 43.4 Å². The van der Waals surface area contributed by atoms with Gasteiger partial charge in [-0.25, -0.2) is 8.78 Å². The van der Waals surface area contributed by atoms with Crippen LogP contribution in [-0.4, -0.2) is 65.9 Å². The fourth-order valence-electron chi connectivity index (χ4n) is 3.35. The number of likely N-dealkylation sites (tertiary alicyclic amines) is 1. The van der Waals surface area contributed by atoms with Crippen LogP contribution >= 0.6 is 0 Å². The summed E-state index contributed by atoms with van der Waals surface area (Å²) < 4.78 is 31.2. The number of rotatable bonds is 2. The first-order chi connectivity index (χ1) is 9.41. The van der Waals surface area contributed by atoms with Crippen LogP contribution in [0.1, 0.15) is 19.8 Å². The molecule has 2 amide bonds. The number of halogens is 2. The summed E-state index contributed by atoms with van der Waals surface area (Å²) in [4.78, 5) is 27.2. The molecule has 7 heteroatoms. The molecule has 2 atom stereocenters. The standard InChI is InChI=1S/C13H18F2N2O3/c1-2-17-9-5-16(6-10(9)20-7-11(17)18)12(19)8-3-13(14,15)4-8/h8-10H,2-7H2,1H3/t9-,10-/m1/s1. The number of ether oxygens (including phenoxy) is 1. The number of carbonyl (C=O) groups is 2. The van der Waals surface area contributed by atoms with Crippen LogP contribution in [0.5, 0.6) is 0 Å². The molecule has 2 saturated heterocycles. The van der Waals surface area contributed by atoms with Gasteiger partial charge in [-0.15, -0.1) is 0 Å². The number of hydrogen-bond donors (Lipinski definition) is 0. The van der Waals surface area contributed by atoms with Gasteiger partial charge in [0.05, 0.1) is 12.1 Å². The summed E-state index contributed by atoms with van der Waals surface area (Å²) in [6, 6.07) is -0.134. The Bertz CT molecular complexity index is 435. The lowest BCUT2D eigenvalue weighted by atomic mass is 9.80. The highest BCUT2D eigenvalue weighted by Crippen LogP contribution is 2.43. The number of fused-ring (bicyclic) bond motifs is 1. The molecule has 20 heavy (non-hydrogen) atoms. The minimum atomic E-state index is -2.69. The zero-order valence-electron chi connectivity index (χ0n) is 11.3. The summed E-state index contributed by atoms with van der Waals surface area (Å²) in [5, 5.41) is 0. The van der Waals surface area contributed by atoms with Gasteiger partial charge in [-0.2, -0.15) is 0 Å². The Morgan fingerprint density at radius 1 is 1.40 bits per heavy atom. The second-order valence-electron chi connectivity index (χ2n) is 5.80. The van der Waals surface area contributed by atoms with Crippen LogP contribution in [0, 0.1) is 5.92 Å². The molecule has 0 aromatic rings. The molecule has 0 aromatic carbocycles. The van der Waals surface area contributed by atoms with E-state index in [1.165, 1.54) is 0 Å². The summed E-state index contributed by atoms with van der Waals surface area (Å²) >= 11 is 0. The smallest absolute Gasteiger partial charge is 0.249 e.